The topological polar surface area (TPSA) is 70.8 Å². The molecule has 0 spiro atoms. The van der Waals surface area contributed by atoms with Crippen molar-refractivity contribution in [3.05, 3.63) is 99.5 Å². The van der Waals surface area contributed by atoms with Gasteiger partial charge in [0.1, 0.15) is 11.2 Å². The van der Waals surface area contributed by atoms with Gasteiger partial charge in [0.2, 0.25) is 0 Å². The Morgan fingerprint density at radius 3 is 2.53 bits per heavy atom. The SMILES string of the molecule is CN1c2cc3oc4c(ccc5cc(=O)ccc54)c(-c4ccccc4C(=O)O)c3cc2-c2sccc2C1(C)C. The Balaban J connectivity index is 1.69. The summed E-state index contributed by atoms with van der Waals surface area (Å²) in [6.45, 7) is 4.43. The molecule has 4 aromatic carbocycles. The molecule has 0 bridgehead atoms. The molecule has 6 aromatic rings. The predicted octanol–water partition coefficient (Wildman–Crippen LogP) is 7.88. The van der Waals surface area contributed by atoms with Gasteiger partial charge in [-0.2, -0.15) is 0 Å². The fourth-order valence-electron chi connectivity index (χ4n) is 5.81. The van der Waals surface area contributed by atoms with E-state index in [1.54, 1.807) is 35.6 Å². The maximum Gasteiger partial charge on any atom is 0.336 e. The average molecular weight is 518 g/mol. The van der Waals surface area contributed by atoms with Gasteiger partial charge in [-0.3, -0.25) is 4.79 Å². The van der Waals surface area contributed by atoms with Crippen molar-refractivity contribution in [3.63, 3.8) is 0 Å². The van der Waals surface area contributed by atoms with Crippen molar-refractivity contribution in [3.8, 4) is 21.6 Å². The van der Waals surface area contributed by atoms with E-state index in [-0.39, 0.29) is 16.5 Å². The van der Waals surface area contributed by atoms with Crippen LogP contribution in [0.4, 0.5) is 5.69 Å². The summed E-state index contributed by atoms with van der Waals surface area (Å²) in [5.41, 5.74) is 6.09. The molecule has 0 saturated heterocycles. The second kappa shape index (κ2) is 7.79. The van der Waals surface area contributed by atoms with E-state index >= 15 is 0 Å². The number of carbonyl (C=O) groups is 1. The van der Waals surface area contributed by atoms with Crippen molar-refractivity contribution >= 4 is 55.7 Å². The van der Waals surface area contributed by atoms with Crippen LogP contribution < -0.4 is 10.3 Å². The highest BCUT2D eigenvalue weighted by Gasteiger charge is 2.36. The van der Waals surface area contributed by atoms with Gasteiger partial charge in [-0.1, -0.05) is 24.3 Å². The summed E-state index contributed by atoms with van der Waals surface area (Å²) in [5, 5.41) is 15.5. The molecule has 0 saturated carbocycles. The summed E-state index contributed by atoms with van der Waals surface area (Å²) in [7, 11) is 2.10. The molecule has 0 radical (unpaired) electrons. The molecule has 6 heteroatoms. The summed E-state index contributed by atoms with van der Waals surface area (Å²) in [4.78, 5) is 27.9. The Labute approximate surface area is 222 Å². The molecule has 7 rings (SSSR count). The maximum atomic E-state index is 12.3. The van der Waals surface area contributed by atoms with Gasteiger partial charge in [0.05, 0.1) is 11.1 Å². The van der Waals surface area contributed by atoms with Crippen LogP contribution in [-0.4, -0.2) is 18.1 Å². The normalized spacial score (nSPS) is 14.1. The highest BCUT2D eigenvalue weighted by Crippen LogP contribution is 2.52. The number of nitrogens with zero attached hydrogens (tertiary/aromatic N) is 1. The van der Waals surface area contributed by atoms with Gasteiger partial charge in [0, 0.05) is 51.0 Å². The molecule has 0 atom stereocenters. The number of aromatic carboxylic acids is 1. The van der Waals surface area contributed by atoms with E-state index in [1.165, 1.54) is 16.5 Å². The molecule has 186 valence electrons. The Morgan fingerprint density at radius 2 is 1.71 bits per heavy atom. The van der Waals surface area contributed by atoms with Gasteiger partial charge in [-0.25, -0.2) is 4.79 Å². The van der Waals surface area contributed by atoms with E-state index in [9.17, 15) is 14.7 Å². The lowest BCUT2D eigenvalue weighted by molar-refractivity contribution is 0.0697. The molecule has 0 unspecified atom stereocenters. The van der Waals surface area contributed by atoms with Crippen LogP contribution in [0, 0.1) is 0 Å². The van der Waals surface area contributed by atoms with Crippen molar-refractivity contribution in [2.75, 3.05) is 11.9 Å². The minimum atomic E-state index is -0.987. The fraction of sp³-hybridized carbons (Fsp3) is 0.125. The first kappa shape index (κ1) is 22.8. The van der Waals surface area contributed by atoms with Crippen LogP contribution in [0.2, 0.25) is 0 Å². The van der Waals surface area contributed by atoms with E-state index < -0.39 is 5.97 Å². The highest BCUT2D eigenvalue weighted by atomic mass is 32.1. The molecule has 3 heterocycles. The molecule has 1 aliphatic rings. The molecule has 0 amide bonds. The van der Waals surface area contributed by atoms with Crippen LogP contribution >= 0.6 is 11.3 Å². The van der Waals surface area contributed by atoms with E-state index in [4.69, 9.17) is 4.42 Å². The molecule has 0 fully saturated rings. The third kappa shape index (κ3) is 3.04. The number of anilines is 1. The van der Waals surface area contributed by atoms with Crippen LogP contribution in [0.5, 0.6) is 0 Å². The lowest BCUT2D eigenvalue weighted by atomic mass is 9.84. The largest absolute Gasteiger partial charge is 0.478 e. The average Bonchev–Trinajstić information content (AvgIpc) is 3.41. The molecule has 0 aliphatic carbocycles. The molecule has 1 aliphatic heterocycles. The third-order valence-corrected chi connectivity index (χ3v) is 8.93. The van der Waals surface area contributed by atoms with E-state index in [0.29, 0.717) is 16.7 Å². The Bertz CT molecular complexity index is 2030. The van der Waals surface area contributed by atoms with Crippen molar-refractivity contribution in [2.24, 2.45) is 0 Å². The Morgan fingerprint density at radius 1 is 0.921 bits per heavy atom. The number of fused-ring (bicyclic) bond motifs is 7. The number of benzene rings is 4. The van der Waals surface area contributed by atoms with Crippen LogP contribution in [0.3, 0.4) is 0 Å². The first-order valence-corrected chi connectivity index (χ1v) is 13.3. The zero-order chi connectivity index (χ0) is 26.3. The molecular formula is C32H23NO4S. The second-order valence-corrected chi connectivity index (χ2v) is 11.2. The summed E-state index contributed by atoms with van der Waals surface area (Å²) >= 11 is 1.72. The number of hydrogen-bond donors (Lipinski definition) is 1. The second-order valence-electron chi connectivity index (χ2n) is 10.3. The monoisotopic (exact) mass is 517 g/mol. The molecule has 38 heavy (non-hydrogen) atoms. The Kier molecular flexibility index (Phi) is 4.66. The van der Waals surface area contributed by atoms with E-state index in [0.717, 1.165) is 38.4 Å². The Hall–Kier alpha value is -4.42. The van der Waals surface area contributed by atoms with E-state index in [2.05, 4.69) is 49.4 Å². The predicted molar refractivity (Wildman–Crippen MR) is 155 cm³/mol. The van der Waals surface area contributed by atoms with Gasteiger partial charge in [-0.15, -0.1) is 11.3 Å². The number of rotatable bonds is 2. The van der Waals surface area contributed by atoms with Crippen molar-refractivity contribution in [2.45, 2.75) is 19.4 Å². The van der Waals surface area contributed by atoms with Gasteiger partial charge >= 0.3 is 5.97 Å². The summed E-state index contributed by atoms with van der Waals surface area (Å²) < 4.78 is 6.64. The van der Waals surface area contributed by atoms with Gasteiger partial charge in [-0.05, 0) is 78.2 Å². The maximum absolute atomic E-state index is 12.3. The minimum Gasteiger partial charge on any atom is -0.478 e. The van der Waals surface area contributed by atoms with Crippen LogP contribution in [0.1, 0.15) is 29.8 Å². The quantitative estimate of drug-likeness (QED) is 0.187. The van der Waals surface area contributed by atoms with Crippen molar-refractivity contribution in [1.29, 1.82) is 0 Å². The fourth-order valence-corrected chi connectivity index (χ4v) is 6.88. The molecule has 2 aromatic heterocycles. The summed E-state index contributed by atoms with van der Waals surface area (Å²) in [5.74, 6) is -0.987. The van der Waals surface area contributed by atoms with Crippen LogP contribution in [-0.2, 0) is 5.54 Å². The number of carboxylic acids is 1. The molecular weight excluding hydrogens is 494 g/mol. The molecule has 5 nitrogen and oxygen atoms in total. The highest BCUT2D eigenvalue weighted by molar-refractivity contribution is 7.13. The third-order valence-electron chi connectivity index (χ3n) is 7.99. The number of hydrogen-bond acceptors (Lipinski definition) is 5. The van der Waals surface area contributed by atoms with Crippen LogP contribution in [0.15, 0.2) is 87.4 Å². The number of carboxylic acid groups (broad SMARTS) is 1. The molecule has 1 N–H and O–H groups in total. The van der Waals surface area contributed by atoms with Crippen molar-refractivity contribution < 1.29 is 14.3 Å². The van der Waals surface area contributed by atoms with Gasteiger partial charge in [0.25, 0.3) is 0 Å². The summed E-state index contributed by atoms with van der Waals surface area (Å²) in [6.07, 6.45) is 0. The lowest BCUT2D eigenvalue weighted by Gasteiger charge is -2.42. The smallest absolute Gasteiger partial charge is 0.336 e. The lowest BCUT2D eigenvalue weighted by Crippen LogP contribution is -2.41. The minimum absolute atomic E-state index is 0.0706. The zero-order valence-electron chi connectivity index (χ0n) is 21.0. The van der Waals surface area contributed by atoms with Gasteiger partial charge in [0.15, 0.2) is 5.43 Å². The number of thiophene rings is 1. The van der Waals surface area contributed by atoms with Crippen molar-refractivity contribution in [1.82, 2.24) is 0 Å². The first-order valence-electron chi connectivity index (χ1n) is 12.4. The van der Waals surface area contributed by atoms with Crippen LogP contribution in [0.25, 0.3) is 54.3 Å². The van der Waals surface area contributed by atoms with Gasteiger partial charge < -0.3 is 14.4 Å². The summed E-state index contributed by atoms with van der Waals surface area (Å²) in [6, 6.07) is 22.2. The first-order chi connectivity index (χ1) is 18.3. The standard InChI is InChI=1S/C32H23NO4S/c1-32(2)25-12-13-38-30(25)23-15-24-27(16-26(23)33(32)3)37-29-19-11-9-18(34)14-17(19)8-10-22(29)28(24)20-6-4-5-7-21(20)31(35)36/h4-16H,1-3H3,(H,35,36). The van der Waals surface area contributed by atoms with E-state index in [1.807, 2.05) is 24.3 Å². The zero-order valence-corrected chi connectivity index (χ0v) is 21.8.